The van der Waals surface area contributed by atoms with Crippen molar-refractivity contribution in [1.29, 1.82) is 0 Å². The molecule has 7 nitrogen and oxygen atoms in total. The predicted molar refractivity (Wildman–Crippen MR) is 85.7 cm³/mol. The molecule has 0 spiro atoms. The van der Waals surface area contributed by atoms with Gasteiger partial charge < -0.3 is 20.3 Å². The van der Waals surface area contributed by atoms with Crippen LogP contribution in [-0.2, 0) is 4.79 Å². The molecule has 0 saturated carbocycles. The molecule has 0 aliphatic heterocycles. The number of hydrogen-bond acceptors (Lipinski definition) is 4. The molecule has 0 saturated heterocycles. The summed E-state index contributed by atoms with van der Waals surface area (Å²) in [7, 11) is 0. The number of hydrogen-bond donors (Lipinski definition) is 3. The highest BCUT2D eigenvalue weighted by Crippen LogP contribution is 2.18. The highest BCUT2D eigenvalue weighted by atomic mass is 16.5. The van der Waals surface area contributed by atoms with E-state index >= 15 is 0 Å². The average molecular weight is 329 g/mol. The molecule has 0 aromatic heterocycles. The van der Waals surface area contributed by atoms with Crippen LogP contribution in [-0.4, -0.2) is 34.7 Å². The van der Waals surface area contributed by atoms with E-state index in [1.54, 1.807) is 12.1 Å². The van der Waals surface area contributed by atoms with Crippen molar-refractivity contribution in [3.63, 3.8) is 0 Å². The standard InChI is InChI=1S/C17H15NO6/c1-10-2-4-13(5-3-10)18-15(19)9-24-14-7-11(16(20)21)6-12(8-14)17(22)23/h2-8H,9H2,1H3,(H,18,19)(H,20,21)(H,22,23). The Morgan fingerprint density at radius 1 is 0.958 bits per heavy atom. The second-order valence-electron chi connectivity index (χ2n) is 5.06. The van der Waals surface area contributed by atoms with Crippen molar-refractivity contribution < 1.29 is 29.3 Å². The fraction of sp³-hybridized carbons (Fsp3) is 0.118. The van der Waals surface area contributed by atoms with Gasteiger partial charge in [-0.25, -0.2) is 9.59 Å². The Balaban J connectivity index is 2.05. The van der Waals surface area contributed by atoms with Crippen LogP contribution in [0.5, 0.6) is 5.75 Å². The third-order valence-electron chi connectivity index (χ3n) is 3.11. The zero-order valence-corrected chi connectivity index (χ0v) is 12.8. The molecule has 1 amide bonds. The van der Waals surface area contributed by atoms with Crippen LogP contribution in [0.15, 0.2) is 42.5 Å². The third kappa shape index (κ3) is 4.57. The summed E-state index contributed by atoms with van der Waals surface area (Å²) in [4.78, 5) is 33.9. The monoisotopic (exact) mass is 329 g/mol. The second-order valence-corrected chi connectivity index (χ2v) is 5.06. The summed E-state index contributed by atoms with van der Waals surface area (Å²) >= 11 is 0. The molecule has 0 fully saturated rings. The number of amides is 1. The Morgan fingerprint density at radius 3 is 2.00 bits per heavy atom. The minimum Gasteiger partial charge on any atom is -0.484 e. The number of aryl methyl sites for hydroxylation is 1. The zero-order valence-electron chi connectivity index (χ0n) is 12.8. The minimum atomic E-state index is -1.29. The smallest absolute Gasteiger partial charge is 0.335 e. The molecule has 0 atom stereocenters. The number of anilines is 1. The van der Waals surface area contributed by atoms with Crippen LogP contribution in [0.25, 0.3) is 0 Å². The third-order valence-corrected chi connectivity index (χ3v) is 3.11. The van der Waals surface area contributed by atoms with Gasteiger partial charge in [0, 0.05) is 5.69 Å². The number of carboxylic acid groups (broad SMARTS) is 2. The highest BCUT2D eigenvalue weighted by Gasteiger charge is 2.13. The summed E-state index contributed by atoms with van der Waals surface area (Å²) < 4.78 is 5.21. The van der Waals surface area contributed by atoms with E-state index in [4.69, 9.17) is 14.9 Å². The van der Waals surface area contributed by atoms with E-state index in [0.717, 1.165) is 23.8 Å². The molecule has 7 heteroatoms. The van der Waals surface area contributed by atoms with Crippen molar-refractivity contribution in [2.24, 2.45) is 0 Å². The van der Waals surface area contributed by atoms with E-state index in [1.165, 1.54) is 0 Å². The zero-order chi connectivity index (χ0) is 17.7. The number of carboxylic acids is 2. The van der Waals surface area contributed by atoms with E-state index in [9.17, 15) is 14.4 Å². The molecule has 0 bridgehead atoms. The maximum absolute atomic E-state index is 11.8. The van der Waals surface area contributed by atoms with Gasteiger partial charge in [0.15, 0.2) is 6.61 Å². The molecule has 2 aromatic carbocycles. The number of benzene rings is 2. The van der Waals surface area contributed by atoms with Gasteiger partial charge in [-0.15, -0.1) is 0 Å². The van der Waals surface area contributed by atoms with Gasteiger partial charge in [-0.3, -0.25) is 4.79 Å². The van der Waals surface area contributed by atoms with Crippen molar-refractivity contribution in [1.82, 2.24) is 0 Å². The van der Waals surface area contributed by atoms with Crippen molar-refractivity contribution >= 4 is 23.5 Å². The maximum Gasteiger partial charge on any atom is 0.335 e. The first-order chi connectivity index (χ1) is 11.3. The van der Waals surface area contributed by atoms with E-state index < -0.39 is 17.8 Å². The first kappa shape index (κ1) is 17.0. The maximum atomic E-state index is 11.8. The molecule has 2 rings (SSSR count). The average Bonchev–Trinajstić information content (AvgIpc) is 2.54. The lowest BCUT2D eigenvalue weighted by Crippen LogP contribution is -2.20. The van der Waals surface area contributed by atoms with Gasteiger partial charge >= 0.3 is 11.9 Å². The molecule has 2 aromatic rings. The molecule has 0 heterocycles. The van der Waals surface area contributed by atoms with Gasteiger partial charge in [0.05, 0.1) is 11.1 Å². The lowest BCUT2D eigenvalue weighted by Gasteiger charge is -2.09. The van der Waals surface area contributed by atoms with Crippen molar-refractivity contribution in [2.75, 3.05) is 11.9 Å². The Bertz CT molecular complexity index is 750. The van der Waals surface area contributed by atoms with Crippen LogP contribution in [0.3, 0.4) is 0 Å². The first-order valence-electron chi connectivity index (χ1n) is 6.96. The Labute approximate surface area is 137 Å². The van der Waals surface area contributed by atoms with Gasteiger partial charge in [0.25, 0.3) is 5.91 Å². The summed E-state index contributed by atoms with van der Waals surface area (Å²) in [6, 6.07) is 10.5. The van der Waals surface area contributed by atoms with Gasteiger partial charge in [0.1, 0.15) is 5.75 Å². The van der Waals surface area contributed by atoms with Crippen molar-refractivity contribution in [3.05, 3.63) is 59.2 Å². The molecule has 0 radical (unpaired) electrons. The van der Waals surface area contributed by atoms with Crippen molar-refractivity contribution in [3.8, 4) is 5.75 Å². The van der Waals surface area contributed by atoms with E-state index in [2.05, 4.69) is 5.32 Å². The first-order valence-corrected chi connectivity index (χ1v) is 6.96. The summed E-state index contributed by atoms with van der Waals surface area (Å²) in [5.41, 5.74) is 1.18. The molecular formula is C17H15NO6. The van der Waals surface area contributed by atoms with Gasteiger partial charge in [-0.2, -0.15) is 0 Å². The summed E-state index contributed by atoms with van der Waals surface area (Å²) in [5.74, 6) is -3.03. The van der Waals surface area contributed by atoms with Crippen LogP contribution in [0, 0.1) is 6.92 Å². The number of carbonyl (C=O) groups excluding carboxylic acids is 1. The second kappa shape index (κ2) is 7.28. The molecule has 24 heavy (non-hydrogen) atoms. The van der Waals surface area contributed by atoms with E-state index in [-0.39, 0.29) is 23.5 Å². The fourth-order valence-electron chi connectivity index (χ4n) is 1.91. The number of carbonyl (C=O) groups is 3. The van der Waals surface area contributed by atoms with Crippen molar-refractivity contribution in [2.45, 2.75) is 6.92 Å². The van der Waals surface area contributed by atoms with Crippen LogP contribution in [0.1, 0.15) is 26.3 Å². The fourth-order valence-corrected chi connectivity index (χ4v) is 1.91. The molecule has 3 N–H and O–H groups in total. The molecular weight excluding hydrogens is 314 g/mol. The van der Waals surface area contributed by atoms with Crippen LogP contribution in [0.4, 0.5) is 5.69 Å². The summed E-state index contributed by atoms with van der Waals surface area (Å²) in [6.45, 7) is 1.54. The lowest BCUT2D eigenvalue weighted by molar-refractivity contribution is -0.118. The largest absolute Gasteiger partial charge is 0.484 e. The highest BCUT2D eigenvalue weighted by molar-refractivity contribution is 5.95. The van der Waals surface area contributed by atoms with Crippen LogP contribution < -0.4 is 10.1 Å². The summed E-state index contributed by atoms with van der Waals surface area (Å²) in [6.07, 6.45) is 0. The van der Waals surface area contributed by atoms with E-state index in [1.807, 2.05) is 19.1 Å². The Morgan fingerprint density at radius 2 is 1.50 bits per heavy atom. The number of aromatic carboxylic acids is 2. The van der Waals surface area contributed by atoms with Gasteiger partial charge in [-0.05, 0) is 37.3 Å². The summed E-state index contributed by atoms with van der Waals surface area (Å²) in [5, 5.41) is 20.6. The number of ether oxygens (including phenoxy) is 1. The van der Waals surface area contributed by atoms with Crippen LogP contribution in [0.2, 0.25) is 0 Å². The van der Waals surface area contributed by atoms with Gasteiger partial charge in [0.2, 0.25) is 0 Å². The number of rotatable bonds is 6. The lowest BCUT2D eigenvalue weighted by atomic mass is 10.1. The normalized spacial score (nSPS) is 10.0. The molecule has 0 aliphatic carbocycles. The van der Waals surface area contributed by atoms with Crippen LogP contribution >= 0.6 is 0 Å². The molecule has 0 aliphatic rings. The predicted octanol–water partition coefficient (Wildman–Crippen LogP) is 2.41. The topological polar surface area (TPSA) is 113 Å². The minimum absolute atomic E-state index is 0.00800. The number of nitrogens with one attached hydrogen (secondary N) is 1. The Hall–Kier alpha value is -3.35. The SMILES string of the molecule is Cc1ccc(NC(=O)COc2cc(C(=O)O)cc(C(=O)O)c2)cc1. The Kier molecular flexibility index (Phi) is 5.16. The molecule has 0 unspecified atom stereocenters. The quantitative estimate of drug-likeness (QED) is 0.750. The van der Waals surface area contributed by atoms with E-state index in [0.29, 0.717) is 5.69 Å². The molecule has 124 valence electrons. The van der Waals surface area contributed by atoms with Gasteiger partial charge in [-0.1, -0.05) is 17.7 Å².